The molecule has 8 nitrogen and oxygen atoms in total. The van der Waals surface area contributed by atoms with Crippen LogP contribution in [0, 0.1) is 12.8 Å². The van der Waals surface area contributed by atoms with Crippen LogP contribution in [0.1, 0.15) is 25.8 Å². The van der Waals surface area contributed by atoms with Gasteiger partial charge < -0.3 is 5.11 Å². The number of carbonyl (C=O) groups is 1. The first kappa shape index (κ1) is 20.6. The molecule has 10 heteroatoms. The predicted octanol–water partition coefficient (Wildman–Crippen LogP) is 0.681. The van der Waals surface area contributed by atoms with Crippen molar-refractivity contribution in [2.75, 3.05) is 7.05 Å². The highest BCUT2D eigenvalue weighted by molar-refractivity contribution is 7.90. The smallest absolute Gasteiger partial charge is 0.321 e. The van der Waals surface area contributed by atoms with Crippen molar-refractivity contribution >= 4 is 26.0 Å². The van der Waals surface area contributed by atoms with E-state index in [1.54, 1.807) is 13.8 Å². The summed E-state index contributed by atoms with van der Waals surface area (Å²) >= 11 is 0. The van der Waals surface area contributed by atoms with E-state index >= 15 is 0 Å². The molecule has 0 spiro atoms. The van der Waals surface area contributed by atoms with E-state index in [9.17, 15) is 21.6 Å². The lowest BCUT2D eigenvalue weighted by molar-refractivity contribution is -0.139. The van der Waals surface area contributed by atoms with Crippen LogP contribution in [0.4, 0.5) is 0 Å². The quantitative estimate of drug-likeness (QED) is 0.610. The molecule has 0 aromatic heterocycles. The van der Waals surface area contributed by atoms with E-state index in [0.717, 1.165) is 6.07 Å². The Hall–Kier alpha value is -1.49. The topological polar surface area (TPSA) is 130 Å². The molecule has 1 rings (SSSR count). The lowest BCUT2D eigenvalue weighted by Crippen LogP contribution is -2.41. The molecule has 0 amide bonds. The molecule has 0 fully saturated rings. The average molecular weight is 378 g/mol. The number of carboxylic acids is 1. The minimum absolute atomic E-state index is 0.0151. The van der Waals surface area contributed by atoms with Crippen molar-refractivity contribution in [1.82, 2.24) is 9.44 Å². The lowest BCUT2D eigenvalue weighted by Gasteiger charge is -2.17. The molecule has 0 aliphatic heterocycles. The highest BCUT2D eigenvalue weighted by Crippen LogP contribution is 2.20. The number of carboxylic acid groups (broad SMARTS) is 1. The minimum atomic E-state index is -4.09. The van der Waals surface area contributed by atoms with Gasteiger partial charge in [-0.2, -0.15) is 4.72 Å². The van der Waals surface area contributed by atoms with E-state index in [1.165, 1.54) is 26.1 Å². The van der Waals surface area contributed by atoms with E-state index in [2.05, 4.69) is 9.44 Å². The first-order valence-corrected chi connectivity index (χ1v) is 10.2. The van der Waals surface area contributed by atoms with Crippen molar-refractivity contribution in [2.45, 2.75) is 43.0 Å². The number of hydrogen-bond donors (Lipinski definition) is 3. The van der Waals surface area contributed by atoms with Gasteiger partial charge in [0.25, 0.3) is 0 Å². The summed E-state index contributed by atoms with van der Waals surface area (Å²) in [6.45, 7) is 5.03. The molecule has 0 radical (unpaired) electrons. The Morgan fingerprint density at radius 2 is 1.75 bits per heavy atom. The Morgan fingerprint density at radius 3 is 2.17 bits per heavy atom. The highest BCUT2D eigenvalue weighted by Gasteiger charge is 2.27. The first-order valence-electron chi connectivity index (χ1n) is 7.20. The number of hydrogen-bond acceptors (Lipinski definition) is 5. The number of sulfonamides is 2. The number of aryl methyl sites for hydroxylation is 1. The van der Waals surface area contributed by atoms with Gasteiger partial charge in [-0.3, -0.25) is 4.79 Å². The summed E-state index contributed by atoms with van der Waals surface area (Å²) < 4.78 is 52.7. The Balaban J connectivity index is 3.20. The van der Waals surface area contributed by atoms with Gasteiger partial charge in [-0.25, -0.2) is 21.6 Å². The monoisotopic (exact) mass is 378 g/mol. The molecule has 3 N–H and O–H groups in total. The summed E-state index contributed by atoms with van der Waals surface area (Å²) in [5, 5.41) is 9.16. The molecule has 0 bridgehead atoms. The van der Waals surface area contributed by atoms with Gasteiger partial charge in [-0.1, -0.05) is 13.8 Å². The van der Waals surface area contributed by atoms with Crippen molar-refractivity contribution in [3.8, 4) is 0 Å². The first-order chi connectivity index (χ1) is 10.9. The molecule has 0 aliphatic carbocycles. The van der Waals surface area contributed by atoms with Crippen LogP contribution in [-0.4, -0.2) is 41.0 Å². The van der Waals surface area contributed by atoms with Crippen molar-refractivity contribution in [2.24, 2.45) is 5.92 Å². The van der Waals surface area contributed by atoms with Gasteiger partial charge in [-0.05, 0) is 50.1 Å². The van der Waals surface area contributed by atoms with Crippen LogP contribution in [0.3, 0.4) is 0 Å². The van der Waals surface area contributed by atoms with Crippen LogP contribution in [0.15, 0.2) is 28.0 Å². The maximum absolute atomic E-state index is 12.4. The van der Waals surface area contributed by atoms with Gasteiger partial charge in [0, 0.05) is 0 Å². The lowest BCUT2D eigenvalue weighted by atomic mass is 10.1. The zero-order chi connectivity index (χ0) is 18.7. The van der Waals surface area contributed by atoms with E-state index in [-0.39, 0.29) is 27.7 Å². The summed E-state index contributed by atoms with van der Waals surface area (Å²) in [6.07, 6.45) is 0.139. The van der Waals surface area contributed by atoms with Crippen LogP contribution >= 0.6 is 0 Å². The second-order valence-corrected chi connectivity index (χ2v) is 9.35. The van der Waals surface area contributed by atoms with E-state index in [1.807, 2.05) is 0 Å². The zero-order valence-electron chi connectivity index (χ0n) is 13.9. The number of rotatable bonds is 8. The third-order valence-electron chi connectivity index (χ3n) is 3.32. The van der Waals surface area contributed by atoms with Gasteiger partial charge >= 0.3 is 5.97 Å². The zero-order valence-corrected chi connectivity index (χ0v) is 15.5. The van der Waals surface area contributed by atoms with Gasteiger partial charge in [0.15, 0.2) is 0 Å². The molecule has 1 aromatic carbocycles. The Kier molecular flexibility index (Phi) is 6.51. The molecule has 0 saturated carbocycles. The number of nitrogens with one attached hydrogen (secondary N) is 2. The Bertz CT molecular complexity index is 816. The van der Waals surface area contributed by atoms with Gasteiger partial charge in [0.05, 0.1) is 9.79 Å². The number of aliphatic carboxylic acids is 1. The van der Waals surface area contributed by atoms with Crippen LogP contribution in [0.5, 0.6) is 0 Å². The van der Waals surface area contributed by atoms with Crippen LogP contribution < -0.4 is 9.44 Å². The molecule has 1 aromatic rings. The number of benzene rings is 1. The predicted molar refractivity (Wildman–Crippen MR) is 88.6 cm³/mol. The average Bonchev–Trinajstić information content (AvgIpc) is 2.45. The molecular weight excluding hydrogens is 356 g/mol. The van der Waals surface area contributed by atoms with Crippen molar-refractivity contribution in [3.05, 3.63) is 23.8 Å². The summed E-state index contributed by atoms with van der Waals surface area (Å²) in [5.41, 5.74) is 0.239. The molecule has 0 aliphatic rings. The fourth-order valence-corrected chi connectivity index (χ4v) is 4.36. The van der Waals surface area contributed by atoms with Gasteiger partial charge in [0.1, 0.15) is 6.04 Å². The van der Waals surface area contributed by atoms with Crippen LogP contribution in [0.25, 0.3) is 0 Å². The summed E-state index contributed by atoms with van der Waals surface area (Å²) in [7, 11) is -6.54. The maximum Gasteiger partial charge on any atom is 0.321 e. The third-order valence-corrected chi connectivity index (χ3v) is 6.36. The highest BCUT2D eigenvalue weighted by atomic mass is 32.2. The molecular formula is C14H22N2O6S2. The van der Waals surface area contributed by atoms with Gasteiger partial charge in [0.2, 0.25) is 20.0 Å². The normalized spacial score (nSPS) is 13.9. The Morgan fingerprint density at radius 1 is 1.17 bits per heavy atom. The van der Waals surface area contributed by atoms with Crippen molar-refractivity contribution in [1.29, 1.82) is 0 Å². The SMILES string of the molecule is CNS(=O)(=O)c1ccc(S(=O)(=O)NC(CC(C)C)C(=O)O)cc1C. The van der Waals surface area contributed by atoms with E-state index in [4.69, 9.17) is 5.11 Å². The third kappa shape index (κ3) is 5.00. The maximum atomic E-state index is 12.4. The van der Waals surface area contributed by atoms with E-state index < -0.39 is 32.1 Å². The fourth-order valence-electron chi connectivity index (χ4n) is 2.13. The molecule has 0 saturated heterocycles. The van der Waals surface area contributed by atoms with Crippen LogP contribution in [-0.2, 0) is 24.8 Å². The van der Waals surface area contributed by atoms with Crippen LogP contribution in [0.2, 0.25) is 0 Å². The molecule has 1 unspecified atom stereocenters. The summed E-state index contributed by atoms with van der Waals surface area (Å²) in [5.74, 6) is -1.28. The Labute approximate surface area is 142 Å². The molecule has 0 heterocycles. The molecule has 24 heavy (non-hydrogen) atoms. The summed E-state index contributed by atoms with van der Waals surface area (Å²) in [4.78, 5) is 11.0. The standard InChI is InChI=1S/C14H22N2O6S2/c1-9(2)7-12(14(17)18)16-23(19,20)11-5-6-13(10(3)8-11)24(21,22)15-4/h5-6,8-9,12,15-16H,7H2,1-4H3,(H,17,18). The van der Waals surface area contributed by atoms with Crippen molar-refractivity contribution < 1.29 is 26.7 Å². The second-order valence-electron chi connectivity index (χ2n) is 5.78. The molecule has 1 atom stereocenters. The largest absolute Gasteiger partial charge is 0.480 e. The molecule has 136 valence electrons. The fraction of sp³-hybridized carbons (Fsp3) is 0.500. The van der Waals surface area contributed by atoms with Crippen molar-refractivity contribution in [3.63, 3.8) is 0 Å². The van der Waals surface area contributed by atoms with Gasteiger partial charge in [-0.15, -0.1) is 0 Å². The minimum Gasteiger partial charge on any atom is -0.480 e. The van der Waals surface area contributed by atoms with E-state index in [0.29, 0.717) is 0 Å². The summed E-state index contributed by atoms with van der Waals surface area (Å²) in [6, 6.07) is 2.25. The second kappa shape index (κ2) is 7.60.